The number of fused-ring (bicyclic) bond motifs is 3. The average Bonchev–Trinajstić information content (AvgIpc) is 3.78. The molecule has 0 saturated heterocycles. The Morgan fingerprint density at radius 2 is 1.27 bits per heavy atom. The minimum absolute atomic E-state index is 0.948. The van der Waals surface area contributed by atoms with Crippen LogP contribution < -0.4 is 0 Å². The molecule has 6 aliphatic carbocycles. The number of rotatable bonds is 17. The van der Waals surface area contributed by atoms with Crippen LogP contribution in [0.2, 0.25) is 0 Å². The van der Waals surface area contributed by atoms with Crippen molar-refractivity contribution in [1.82, 2.24) is 0 Å². The third kappa shape index (κ3) is 8.78. The van der Waals surface area contributed by atoms with E-state index in [2.05, 4.69) is 34.6 Å². The van der Waals surface area contributed by atoms with Crippen LogP contribution >= 0.6 is 0 Å². The molecule has 0 aromatic rings. The molecule has 0 aliphatic heterocycles. The lowest BCUT2D eigenvalue weighted by molar-refractivity contribution is -0.117. The molecule has 0 aromatic carbocycles. The van der Waals surface area contributed by atoms with Crippen molar-refractivity contribution < 1.29 is 0 Å². The largest absolute Gasteiger partial charge is 0.0654 e. The van der Waals surface area contributed by atoms with E-state index in [1.54, 1.807) is 122 Å². The van der Waals surface area contributed by atoms with E-state index in [9.17, 15) is 0 Å². The molecule has 0 aromatic heterocycles. The molecular weight excluding hydrogens is 577 g/mol. The highest BCUT2D eigenvalue weighted by atomic mass is 14.6. The zero-order valence-electron chi connectivity index (χ0n) is 33.5. The Kier molecular flexibility index (Phi) is 14.7. The van der Waals surface area contributed by atoms with Crippen molar-refractivity contribution in [2.45, 2.75) is 214 Å². The molecule has 15 atom stereocenters. The zero-order valence-corrected chi connectivity index (χ0v) is 33.5. The summed E-state index contributed by atoms with van der Waals surface area (Å²) in [5.74, 6) is 16.1. The van der Waals surface area contributed by atoms with Gasteiger partial charge in [0.15, 0.2) is 0 Å². The lowest BCUT2D eigenvalue weighted by Gasteiger charge is -2.61. The zero-order chi connectivity index (χ0) is 33.5. The topological polar surface area (TPSA) is 0 Å². The summed E-state index contributed by atoms with van der Waals surface area (Å²) in [4.78, 5) is 0. The summed E-state index contributed by atoms with van der Waals surface area (Å²) < 4.78 is 0. The maximum atomic E-state index is 2.64. The van der Waals surface area contributed by atoms with Gasteiger partial charge in [-0.05, 0) is 159 Å². The lowest BCUT2D eigenvalue weighted by Crippen LogP contribution is -2.53. The molecule has 15 unspecified atom stereocenters. The van der Waals surface area contributed by atoms with Gasteiger partial charge < -0.3 is 0 Å². The van der Waals surface area contributed by atoms with Crippen molar-refractivity contribution >= 4 is 0 Å². The molecule has 0 heterocycles. The minimum Gasteiger partial charge on any atom is -0.0654 e. The third-order valence-corrected chi connectivity index (χ3v) is 17.7. The van der Waals surface area contributed by atoms with Gasteiger partial charge in [-0.2, -0.15) is 0 Å². The number of unbranched alkanes of at least 4 members (excludes halogenated alkanes) is 4. The van der Waals surface area contributed by atoms with Gasteiger partial charge in [-0.1, -0.05) is 144 Å². The van der Waals surface area contributed by atoms with E-state index >= 15 is 0 Å². The summed E-state index contributed by atoms with van der Waals surface area (Å²) in [7, 11) is 0. The summed E-state index contributed by atoms with van der Waals surface area (Å²) in [6.45, 7) is 12.5. The van der Waals surface area contributed by atoms with Crippen molar-refractivity contribution in [2.75, 3.05) is 0 Å². The Morgan fingerprint density at radius 3 is 2.06 bits per heavy atom. The van der Waals surface area contributed by atoms with Crippen LogP contribution in [0.4, 0.5) is 0 Å². The molecule has 6 saturated carbocycles. The molecule has 48 heavy (non-hydrogen) atoms. The average molecular weight is 663 g/mol. The van der Waals surface area contributed by atoms with Crippen molar-refractivity contribution in [1.29, 1.82) is 0 Å². The fourth-order valence-corrected chi connectivity index (χ4v) is 15.2. The second-order valence-corrected chi connectivity index (χ2v) is 20.0. The van der Waals surface area contributed by atoms with Crippen molar-refractivity contribution in [2.24, 2.45) is 88.8 Å². The first-order chi connectivity index (χ1) is 23.6. The molecule has 0 nitrogen and oxygen atoms in total. The molecule has 0 N–H and O–H groups in total. The van der Waals surface area contributed by atoms with E-state index < -0.39 is 0 Å². The maximum Gasteiger partial charge on any atom is -0.0323 e. The molecule has 0 spiro atoms. The van der Waals surface area contributed by atoms with Crippen LogP contribution in [-0.4, -0.2) is 0 Å². The van der Waals surface area contributed by atoms with Gasteiger partial charge in [0.25, 0.3) is 0 Å². The van der Waals surface area contributed by atoms with Gasteiger partial charge in [0, 0.05) is 0 Å². The molecule has 0 amide bonds. The summed E-state index contributed by atoms with van der Waals surface area (Å²) >= 11 is 0. The van der Waals surface area contributed by atoms with Gasteiger partial charge in [0.1, 0.15) is 0 Å². The van der Waals surface area contributed by atoms with Gasteiger partial charge in [0.05, 0.1) is 0 Å². The summed E-state index contributed by atoms with van der Waals surface area (Å²) in [6.07, 6.45) is 43.5. The van der Waals surface area contributed by atoms with Crippen LogP contribution in [0.1, 0.15) is 214 Å². The van der Waals surface area contributed by atoms with E-state index in [1.807, 2.05) is 0 Å². The van der Waals surface area contributed by atoms with Gasteiger partial charge in [-0.25, -0.2) is 0 Å². The number of hydrogen-bond acceptors (Lipinski definition) is 0. The first-order valence-electron chi connectivity index (χ1n) is 23.6. The summed E-state index contributed by atoms with van der Waals surface area (Å²) in [6, 6.07) is 0. The monoisotopic (exact) mass is 663 g/mol. The predicted octanol–water partition coefficient (Wildman–Crippen LogP) is 15.3. The molecule has 0 bridgehead atoms. The number of hydrogen-bond donors (Lipinski definition) is 0. The maximum absolute atomic E-state index is 2.64. The molecule has 0 radical (unpaired) electrons. The molecule has 0 heteroatoms. The molecule has 6 aliphatic rings. The van der Waals surface area contributed by atoms with Crippen LogP contribution in [0.5, 0.6) is 0 Å². The quantitative estimate of drug-likeness (QED) is 0.136. The minimum atomic E-state index is 0.948. The van der Waals surface area contributed by atoms with E-state index in [-0.39, 0.29) is 0 Å². The molecular formula is C48H86. The van der Waals surface area contributed by atoms with Crippen molar-refractivity contribution in [3.63, 3.8) is 0 Å². The Bertz CT molecular complexity index is 904. The second kappa shape index (κ2) is 18.7. The van der Waals surface area contributed by atoms with Gasteiger partial charge in [0.2, 0.25) is 0 Å². The molecule has 6 rings (SSSR count). The SMILES string of the molecule is CCCCCC1CCC2C(C1)C(CCC(CCC)C1CCCC1CCCCC)C1CCC(C(C)CC)CC1C2C1CCC2CCCC2C1. The van der Waals surface area contributed by atoms with Crippen LogP contribution in [-0.2, 0) is 0 Å². The first kappa shape index (κ1) is 37.7. The van der Waals surface area contributed by atoms with Crippen LogP contribution in [0.15, 0.2) is 0 Å². The molecule has 6 fully saturated rings. The summed E-state index contributed by atoms with van der Waals surface area (Å²) in [5, 5.41) is 0. The second-order valence-electron chi connectivity index (χ2n) is 20.0. The fraction of sp³-hybridized carbons (Fsp3) is 1.00. The predicted molar refractivity (Wildman–Crippen MR) is 210 cm³/mol. The van der Waals surface area contributed by atoms with Crippen LogP contribution in [0.3, 0.4) is 0 Å². The van der Waals surface area contributed by atoms with Crippen molar-refractivity contribution in [3.8, 4) is 0 Å². The first-order valence-corrected chi connectivity index (χ1v) is 23.6. The van der Waals surface area contributed by atoms with Crippen LogP contribution in [0.25, 0.3) is 0 Å². The van der Waals surface area contributed by atoms with E-state index in [0.29, 0.717) is 0 Å². The normalized spacial score (nSPS) is 42.6. The highest BCUT2D eigenvalue weighted by Gasteiger charge is 2.56. The lowest BCUT2D eigenvalue weighted by atomic mass is 9.44. The van der Waals surface area contributed by atoms with Gasteiger partial charge >= 0.3 is 0 Å². The van der Waals surface area contributed by atoms with Crippen molar-refractivity contribution in [3.05, 3.63) is 0 Å². The standard InChI is InChI=1S/C48H86/c1-6-10-12-17-35-23-28-45-46(31-35)43(29-26-37(16-8-3)42-22-15-20-38(42)18-13-11-7-2)44-30-27-39(34(5)9-4)33-47(44)48(45)41-25-24-36-19-14-21-40(36)32-41/h34-48H,6-33H2,1-5H3. The smallest absolute Gasteiger partial charge is 0.0323 e. The Balaban J connectivity index is 1.25. The van der Waals surface area contributed by atoms with E-state index in [0.717, 1.165) is 88.8 Å². The van der Waals surface area contributed by atoms with Gasteiger partial charge in [-0.3, -0.25) is 0 Å². The van der Waals surface area contributed by atoms with E-state index in [4.69, 9.17) is 0 Å². The van der Waals surface area contributed by atoms with E-state index in [1.165, 1.54) is 57.8 Å². The highest BCUT2D eigenvalue weighted by molar-refractivity contribution is 5.05. The Morgan fingerprint density at radius 1 is 0.521 bits per heavy atom. The van der Waals surface area contributed by atoms with Crippen LogP contribution in [0, 0.1) is 88.8 Å². The molecule has 278 valence electrons. The highest BCUT2D eigenvalue weighted by Crippen LogP contribution is 2.63. The summed E-state index contributed by atoms with van der Waals surface area (Å²) in [5.41, 5.74) is 0. The third-order valence-electron chi connectivity index (χ3n) is 17.7. The van der Waals surface area contributed by atoms with Gasteiger partial charge in [-0.15, -0.1) is 0 Å². The Hall–Kier alpha value is 0. The fourth-order valence-electron chi connectivity index (χ4n) is 15.2. The Labute approximate surface area is 302 Å².